The van der Waals surface area contributed by atoms with Gasteiger partial charge in [-0.05, 0) is 20.8 Å². The minimum Gasteiger partial charge on any atom is -0.464 e. The van der Waals surface area contributed by atoms with E-state index in [2.05, 4.69) is 4.99 Å². The van der Waals surface area contributed by atoms with E-state index in [1.807, 2.05) is 20.8 Å². The summed E-state index contributed by atoms with van der Waals surface area (Å²) >= 11 is 0. The van der Waals surface area contributed by atoms with Gasteiger partial charge in [0.2, 0.25) is 6.41 Å². The van der Waals surface area contributed by atoms with Crippen LogP contribution in [-0.2, 0) is 14.3 Å². The van der Waals surface area contributed by atoms with Gasteiger partial charge in [-0.3, -0.25) is 14.6 Å². The van der Waals surface area contributed by atoms with E-state index in [-0.39, 0.29) is 24.7 Å². The van der Waals surface area contributed by atoms with Crippen molar-refractivity contribution in [3.63, 3.8) is 0 Å². The molecule has 0 aliphatic heterocycles. The van der Waals surface area contributed by atoms with Crippen LogP contribution in [0.25, 0.3) is 0 Å². The van der Waals surface area contributed by atoms with Crippen LogP contribution in [0.1, 0.15) is 27.7 Å². The molecule has 0 aromatic heterocycles. The molecule has 16 heavy (non-hydrogen) atoms. The van der Waals surface area contributed by atoms with Crippen LogP contribution >= 0.6 is 0 Å². The lowest BCUT2D eigenvalue weighted by molar-refractivity contribution is -0.141. The van der Waals surface area contributed by atoms with Gasteiger partial charge in [-0.1, -0.05) is 0 Å². The lowest BCUT2D eigenvalue weighted by Crippen LogP contribution is -2.31. The van der Waals surface area contributed by atoms with Crippen molar-refractivity contribution in [3.8, 4) is 0 Å². The van der Waals surface area contributed by atoms with Crippen molar-refractivity contribution in [3.05, 3.63) is 0 Å². The zero-order valence-electron chi connectivity index (χ0n) is 10.3. The summed E-state index contributed by atoms with van der Waals surface area (Å²) in [5, 5.41) is 0. The molecule has 0 heterocycles. The highest BCUT2D eigenvalue weighted by Crippen LogP contribution is 1.94. The van der Waals surface area contributed by atoms with Crippen LogP contribution in [0.15, 0.2) is 4.99 Å². The zero-order chi connectivity index (χ0) is 12.6. The molecular formula is C11H20N2O3. The standard InChI is InChI=1S/C11H20N2O3/c1-9(2)13(8-14)6-5-12-10(3)7-16-11(4)15/h5,8-10H,6-7H2,1-4H3. The van der Waals surface area contributed by atoms with Crippen molar-refractivity contribution in [2.24, 2.45) is 4.99 Å². The van der Waals surface area contributed by atoms with Crippen molar-refractivity contribution < 1.29 is 14.3 Å². The van der Waals surface area contributed by atoms with Crippen molar-refractivity contribution in [1.29, 1.82) is 0 Å². The van der Waals surface area contributed by atoms with E-state index in [4.69, 9.17) is 4.74 Å². The quantitative estimate of drug-likeness (QED) is 0.369. The second-order valence-electron chi connectivity index (χ2n) is 3.88. The summed E-state index contributed by atoms with van der Waals surface area (Å²) < 4.78 is 4.80. The lowest BCUT2D eigenvalue weighted by atomic mass is 10.3. The predicted molar refractivity (Wildman–Crippen MR) is 62.5 cm³/mol. The normalized spacial score (nSPS) is 12.8. The molecule has 0 spiro atoms. The largest absolute Gasteiger partial charge is 0.464 e. The molecule has 0 aromatic carbocycles. The van der Waals surface area contributed by atoms with E-state index in [0.29, 0.717) is 6.54 Å². The number of esters is 1. The third-order valence-electron chi connectivity index (χ3n) is 1.98. The van der Waals surface area contributed by atoms with Crippen LogP contribution in [0.4, 0.5) is 0 Å². The maximum Gasteiger partial charge on any atom is 0.302 e. The first kappa shape index (κ1) is 14.6. The van der Waals surface area contributed by atoms with E-state index >= 15 is 0 Å². The van der Waals surface area contributed by atoms with Crippen molar-refractivity contribution in [1.82, 2.24) is 4.90 Å². The molecular weight excluding hydrogens is 208 g/mol. The maximum atomic E-state index is 10.6. The summed E-state index contributed by atoms with van der Waals surface area (Å²) in [7, 11) is 0. The highest BCUT2D eigenvalue weighted by atomic mass is 16.5. The number of hydrogen-bond acceptors (Lipinski definition) is 4. The molecule has 0 aromatic rings. The van der Waals surface area contributed by atoms with Crippen molar-refractivity contribution in [2.75, 3.05) is 13.2 Å². The first-order chi connectivity index (χ1) is 7.47. The number of rotatable bonds is 7. The third-order valence-corrected chi connectivity index (χ3v) is 1.98. The molecule has 0 fully saturated rings. The molecule has 1 atom stereocenters. The molecule has 92 valence electrons. The molecule has 0 saturated heterocycles. The fourth-order valence-electron chi connectivity index (χ4n) is 0.978. The molecule has 5 heteroatoms. The predicted octanol–water partition coefficient (Wildman–Crippen LogP) is 0.876. The Balaban J connectivity index is 3.89. The number of carbonyl (C=O) groups excluding carboxylic acids is 2. The van der Waals surface area contributed by atoms with Gasteiger partial charge in [0.05, 0.1) is 12.6 Å². The van der Waals surface area contributed by atoms with E-state index in [1.165, 1.54) is 6.92 Å². The summed E-state index contributed by atoms with van der Waals surface area (Å²) in [5.41, 5.74) is 0. The minimum atomic E-state index is -0.307. The Morgan fingerprint density at radius 3 is 2.50 bits per heavy atom. The van der Waals surface area contributed by atoms with Crippen molar-refractivity contribution >= 4 is 18.6 Å². The molecule has 0 N–H and O–H groups in total. The van der Waals surface area contributed by atoms with E-state index in [9.17, 15) is 9.59 Å². The summed E-state index contributed by atoms with van der Waals surface area (Å²) in [6, 6.07) is 0.0808. The Kier molecular flexibility index (Phi) is 7.16. The number of aliphatic imine (C=N–C) groups is 1. The van der Waals surface area contributed by atoms with Gasteiger partial charge in [-0.15, -0.1) is 0 Å². The van der Waals surface area contributed by atoms with E-state index < -0.39 is 0 Å². The van der Waals surface area contributed by atoms with Crippen LogP contribution in [0.3, 0.4) is 0 Å². The van der Waals surface area contributed by atoms with E-state index in [1.54, 1.807) is 11.1 Å². The fourth-order valence-corrected chi connectivity index (χ4v) is 0.978. The zero-order valence-corrected chi connectivity index (χ0v) is 10.3. The first-order valence-electron chi connectivity index (χ1n) is 5.33. The van der Waals surface area contributed by atoms with Gasteiger partial charge in [-0.25, -0.2) is 0 Å². The van der Waals surface area contributed by atoms with Gasteiger partial charge in [0.15, 0.2) is 0 Å². The molecule has 1 unspecified atom stereocenters. The molecule has 0 aliphatic carbocycles. The van der Waals surface area contributed by atoms with Gasteiger partial charge >= 0.3 is 5.97 Å². The van der Waals surface area contributed by atoms with Crippen LogP contribution in [0.2, 0.25) is 0 Å². The molecule has 1 amide bonds. The Morgan fingerprint density at radius 2 is 2.06 bits per heavy atom. The smallest absolute Gasteiger partial charge is 0.302 e. The van der Waals surface area contributed by atoms with Crippen LogP contribution in [0.5, 0.6) is 0 Å². The van der Waals surface area contributed by atoms with Crippen LogP contribution < -0.4 is 0 Å². The van der Waals surface area contributed by atoms with Gasteiger partial charge in [0, 0.05) is 19.2 Å². The maximum absolute atomic E-state index is 10.6. The molecule has 0 bridgehead atoms. The average Bonchev–Trinajstić information content (AvgIpc) is 2.20. The summed E-state index contributed by atoms with van der Waals surface area (Å²) in [6.45, 7) is 7.83. The average molecular weight is 228 g/mol. The summed E-state index contributed by atoms with van der Waals surface area (Å²) in [6.07, 6.45) is 2.47. The monoisotopic (exact) mass is 228 g/mol. The Bertz CT molecular complexity index is 252. The van der Waals surface area contributed by atoms with Gasteiger partial charge < -0.3 is 9.64 Å². The second kappa shape index (κ2) is 7.84. The number of hydrogen-bond donors (Lipinski definition) is 0. The lowest BCUT2D eigenvalue weighted by Gasteiger charge is -2.19. The fraction of sp³-hybridized carbons (Fsp3) is 0.727. The SMILES string of the molecule is CC(=O)OCC(C)N=CCN(C=O)C(C)C. The van der Waals surface area contributed by atoms with Crippen molar-refractivity contribution in [2.45, 2.75) is 39.8 Å². The van der Waals surface area contributed by atoms with Crippen LogP contribution in [-0.4, -0.2) is 48.7 Å². The van der Waals surface area contributed by atoms with Gasteiger partial charge in [0.1, 0.15) is 6.61 Å². The molecule has 0 rings (SSSR count). The first-order valence-corrected chi connectivity index (χ1v) is 5.33. The third kappa shape index (κ3) is 6.98. The summed E-state index contributed by atoms with van der Waals surface area (Å²) in [4.78, 5) is 27.0. The summed E-state index contributed by atoms with van der Waals surface area (Å²) in [5.74, 6) is -0.307. The van der Waals surface area contributed by atoms with Gasteiger partial charge in [0.25, 0.3) is 0 Å². The van der Waals surface area contributed by atoms with Crippen LogP contribution in [0, 0.1) is 0 Å². The Hall–Kier alpha value is -1.39. The van der Waals surface area contributed by atoms with Gasteiger partial charge in [-0.2, -0.15) is 0 Å². The van der Waals surface area contributed by atoms with E-state index in [0.717, 1.165) is 6.41 Å². The highest BCUT2D eigenvalue weighted by Gasteiger charge is 2.04. The molecule has 5 nitrogen and oxygen atoms in total. The molecule has 0 aliphatic rings. The number of nitrogens with zero attached hydrogens (tertiary/aromatic N) is 2. The highest BCUT2D eigenvalue weighted by molar-refractivity contribution is 5.66. The number of ether oxygens (including phenoxy) is 1. The Morgan fingerprint density at radius 1 is 1.44 bits per heavy atom. The topological polar surface area (TPSA) is 59.0 Å². The molecule has 0 saturated carbocycles. The number of carbonyl (C=O) groups is 2. The molecule has 0 radical (unpaired) electrons. The Labute approximate surface area is 96.5 Å². The number of amides is 1. The minimum absolute atomic E-state index is 0.0791. The second-order valence-corrected chi connectivity index (χ2v) is 3.88.